The number of aromatic nitrogens is 1. The zero-order valence-corrected chi connectivity index (χ0v) is 16.0. The number of amides is 1. The first-order chi connectivity index (χ1) is 12.1. The van der Waals surface area contributed by atoms with Crippen molar-refractivity contribution in [1.29, 1.82) is 0 Å². The molecule has 25 heavy (non-hydrogen) atoms. The lowest BCUT2D eigenvalue weighted by atomic mass is 9.61. The smallest absolute Gasteiger partial charge is 0.253 e. The number of benzene rings is 1. The molecule has 0 atom stereocenters. The summed E-state index contributed by atoms with van der Waals surface area (Å²) >= 11 is 3.50. The summed E-state index contributed by atoms with van der Waals surface area (Å²) in [6, 6.07) is 5.95. The molecule has 3 aliphatic carbocycles. The average molecular weight is 405 g/mol. The van der Waals surface area contributed by atoms with Crippen molar-refractivity contribution in [3.63, 3.8) is 0 Å². The summed E-state index contributed by atoms with van der Waals surface area (Å²) in [6.45, 7) is 1.35. The van der Waals surface area contributed by atoms with Gasteiger partial charge in [-0.1, -0.05) is 15.9 Å². The number of nitrogens with one attached hydrogen (secondary N) is 1. The first-order valence-electron chi connectivity index (χ1n) is 9.28. The van der Waals surface area contributed by atoms with E-state index < -0.39 is 0 Å². The Morgan fingerprint density at radius 1 is 1.28 bits per heavy atom. The second-order valence-electron chi connectivity index (χ2n) is 7.79. The fourth-order valence-corrected chi connectivity index (χ4v) is 5.07. The second kappa shape index (κ2) is 6.76. The van der Waals surface area contributed by atoms with Gasteiger partial charge in [0.1, 0.15) is 0 Å². The molecule has 3 fully saturated rings. The van der Waals surface area contributed by atoms with Crippen LogP contribution < -0.4 is 5.32 Å². The van der Waals surface area contributed by atoms with E-state index in [-0.39, 0.29) is 12.5 Å². The lowest BCUT2D eigenvalue weighted by Crippen LogP contribution is -2.43. The molecule has 3 aliphatic rings. The Morgan fingerprint density at radius 2 is 2.00 bits per heavy atom. The maximum atomic E-state index is 12.9. The van der Waals surface area contributed by atoms with Crippen molar-refractivity contribution in [3.8, 4) is 0 Å². The predicted octanol–water partition coefficient (Wildman–Crippen LogP) is 4.10. The monoisotopic (exact) mass is 404 g/mol. The number of carbonyl (C=O) groups is 1. The van der Waals surface area contributed by atoms with Crippen molar-refractivity contribution >= 4 is 32.7 Å². The van der Waals surface area contributed by atoms with E-state index in [1.54, 1.807) is 0 Å². The van der Waals surface area contributed by atoms with Crippen molar-refractivity contribution < 1.29 is 9.90 Å². The summed E-state index contributed by atoms with van der Waals surface area (Å²) in [4.78, 5) is 12.9. The van der Waals surface area contributed by atoms with Crippen molar-refractivity contribution in [2.75, 3.05) is 13.2 Å². The summed E-state index contributed by atoms with van der Waals surface area (Å²) in [5.41, 5.74) is 2.01. The number of aliphatic hydroxyl groups excluding tert-OH is 1. The lowest BCUT2D eigenvalue weighted by Gasteiger charge is -2.46. The van der Waals surface area contributed by atoms with Crippen molar-refractivity contribution in [3.05, 3.63) is 34.4 Å². The standard InChI is InChI=1S/C20H25BrN2O2/c21-15-1-2-18-16(11-15)17(12-23(18)9-10-24)19(25)22-13-20-6-3-14(4-7-20)5-8-20/h1-2,11-12,14,24H,3-10,13H2,(H,22,25). The van der Waals surface area contributed by atoms with Crippen LogP contribution >= 0.6 is 15.9 Å². The van der Waals surface area contributed by atoms with Gasteiger partial charge < -0.3 is 15.0 Å². The molecule has 0 unspecified atom stereocenters. The summed E-state index contributed by atoms with van der Waals surface area (Å²) in [6.07, 6.45) is 9.65. The van der Waals surface area contributed by atoms with Crippen molar-refractivity contribution in [2.24, 2.45) is 11.3 Å². The van der Waals surface area contributed by atoms with Crippen LogP contribution in [-0.2, 0) is 6.54 Å². The highest BCUT2D eigenvalue weighted by molar-refractivity contribution is 9.10. The van der Waals surface area contributed by atoms with E-state index >= 15 is 0 Å². The van der Waals surface area contributed by atoms with Crippen LogP contribution in [0.5, 0.6) is 0 Å². The third-order valence-corrected chi connectivity index (χ3v) is 6.79. The van der Waals surface area contributed by atoms with Gasteiger partial charge in [0.2, 0.25) is 0 Å². The van der Waals surface area contributed by atoms with Crippen LogP contribution in [0.2, 0.25) is 0 Å². The average Bonchev–Trinajstić information content (AvgIpc) is 2.99. The number of hydrogen-bond acceptors (Lipinski definition) is 2. The maximum Gasteiger partial charge on any atom is 0.253 e. The van der Waals surface area contributed by atoms with Gasteiger partial charge >= 0.3 is 0 Å². The van der Waals surface area contributed by atoms with Crippen molar-refractivity contribution in [2.45, 2.75) is 45.1 Å². The molecule has 5 heteroatoms. The summed E-state index contributed by atoms with van der Waals surface area (Å²) < 4.78 is 2.92. The number of nitrogens with zero attached hydrogens (tertiary/aromatic N) is 1. The lowest BCUT2D eigenvalue weighted by molar-refractivity contribution is 0.0598. The number of aliphatic hydroxyl groups is 1. The number of carbonyl (C=O) groups excluding carboxylic acids is 1. The highest BCUT2D eigenvalue weighted by Gasteiger charge is 2.40. The molecule has 0 spiro atoms. The van der Waals surface area contributed by atoms with Crippen molar-refractivity contribution in [1.82, 2.24) is 9.88 Å². The van der Waals surface area contributed by atoms with Crippen LogP contribution in [0.15, 0.2) is 28.9 Å². The molecule has 4 nitrogen and oxygen atoms in total. The Labute approximate surface area is 156 Å². The van der Waals surface area contributed by atoms with E-state index in [4.69, 9.17) is 0 Å². The molecule has 2 bridgehead atoms. The number of hydrogen-bond donors (Lipinski definition) is 2. The minimum atomic E-state index is 0.00172. The Kier molecular flexibility index (Phi) is 4.63. The van der Waals surface area contributed by atoms with Gasteiger partial charge in [0.15, 0.2) is 0 Å². The van der Waals surface area contributed by atoms with E-state index in [0.29, 0.717) is 17.5 Å². The van der Waals surface area contributed by atoms with Crippen LogP contribution in [0.3, 0.4) is 0 Å². The van der Waals surface area contributed by atoms with Crippen LogP contribution in [0.4, 0.5) is 0 Å². The van der Waals surface area contributed by atoms with Gasteiger partial charge in [-0.3, -0.25) is 4.79 Å². The highest BCUT2D eigenvalue weighted by atomic mass is 79.9. The third-order valence-electron chi connectivity index (χ3n) is 6.30. The van der Waals surface area contributed by atoms with Gasteiger partial charge in [-0.05, 0) is 68.1 Å². The SMILES string of the molecule is O=C(NCC12CCC(CC1)CC2)c1cn(CCO)c2ccc(Br)cc12. The van der Waals surface area contributed by atoms with E-state index in [1.807, 2.05) is 29.0 Å². The third kappa shape index (κ3) is 3.24. The first kappa shape index (κ1) is 17.1. The molecule has 0 aliphatic heterocycles. The fourth-order valence-electron chi connectivity index (χ4n) is 4.71. The molecule has 2 N–H and O–H groups in total. The molecule has 0 radical (unpaired) electrons. The van der Waals surface area contributed by atoms with Gasteiger partial charge in [-0.25, -0.2) is 0 Å². The van der Waals surface area contributed by atoms with Crippen LogP contribution in [0, 0.1) is 11.3 Å². The number of rotatable bonds is 5. The molecule has 2 aromatic rings. The predicted molar refractivity (Wildman–Crippen MR) is 103 cm³/mol. The molecule has 1 heterocycles. The Balaban J connectivity index is 1.56. The minimum absolute atomic E-state index is 0.00172. The molecule has 134 valence electrons. The highest BCUT2D eigenvalue weighted by Crippen LogP contribution is 2.49. The van der Waals surface area contributed by atoms with E-state index in [2.05, 4.69) is 21.2 Å². The minimum Gasteiger partial charge on any atom is -0.395 e. The molecule has 1 amide bonds. The first-order valence-corrected chi connectivity index (χ1v) is 10.1. The van der Waals surface area contributed by atoms with Gasteiger partial charge in [0.25, 0.3) is 5.91 Å². The normalized spacial score (nSPS) is 25.4. The fraction of sp³-hybridized carbons (Fsp3) is 0.550. The van der Waals surface area contributed by atoms with E-state index in [9.17, 15) is 9.90 Å². The number of fused-ring (bicyclic) bond motifs is 4. The Hall–Kier alpha value is -1.33. The molecule has 0 saturated heterocycles. The zero-order valence-electron chi connectivity index (χ0n) is 14.4. The molecule has 5 rings (SSSR count). The van der Waals surface area contributed by atoms with E-state index in [1.165, 1.54) is 38.5 Å². The van der Waals surface area contributed by atoms with Gasteiger partial charge in [0, 0.05) is 34.7 Å². The Bertz CT molecular complexity index is 777. The summed E-state index contributed by atoms with van der Waals surface area (Å²) in [5, 5.41) is 13.5. The molecule has 3 saturated carbocycles. The quantitative estimate of drug-likeness (QED) is 0.787. The Morgan fingerprint density at radius 3 is 2.68 bits per heavy atom. The largest absolute Gasteiger partial charge is 0.395 e. The van der Waals surface area contributed by atoms with E-state index in [0.717, 1.165) is 27.8 Å². The van der Waals surface area contributed by atoms with Gasteiger partial charge in [0.05, 0.1) is 12.2 Å². The topological polar surface area (TPSA) is 54.3 Å². The maximum absolute atomic E-state index is 12.9. The van der Waals surface area contributed by atoms with Crippen LogP contribution in [-0.4, -0.2) is 28.7 Å². The molecule has 1 aromatic carbocycles. The van der Waals surface area contributed by atoms with Crippen LogP contribution in [0.1, 0.15) is 48.9 Å². The molecular formula is C20H25BrN2O2. The summed E-state index contributed by atoms with van der Waals surface area (Å²) in [5.74, 6) is 0.938. The number of halogens is 1. The summed E-state index contributed by atoms with van der Waals surface area (Å²) in [7, 11) is 0. The van der Waals surface area contributed by atoms with Gasteiger partial charge in [-0.2, -0.15) is 0 Å². The van der Waals surface area contributed by atoms with Gasteiger partial charge in [-0.15, -0.1) is 0 Å². The van der Waals surface area contributed by atoms with Crippen LogP contribution in [0.25, 0.3) is 10.9 Å². The molecule has 1 aromatic heterocycles. The second-order valence-corrected chi connectivity index (χ2v) is 8.70. The zero-order chi connectivity index (χ0) is 17.4. The molecular weight excluding hydrogens is 380 g/mol.